The summed E-state index contributed by atoms with van der Waals surface area (Å²) in [6.45, 7) is 5.17. The normalized spacial score (nSPS) is 12.6. The minimum atomic E-state index is 0.262. The maximum absolute atomic E-state index is 4.33. The second-order valence-corrected chi connectivity index (χ2v) is 4.27. The first-order valence-electron chi connectivity index (χ1n) is 6.07. The van der Waals surface area contributed by atoms with Gasteiger partial charge in [-0.3, -0.25) is 0 Å². The van der Waals surface area contributed by atoms with Crippen LogP contribution in [0.15, 0.2) is 36.7 Å². The van der Waals surface area contributed by atoms with E-state index < -0.39 is 0 Å². The van der Waals surface area contributed by atoms with Crippen molar-refractivity contribution in [3.05, 3.63) is 53.6 Å². The van der Waals surface area contributed by atoms with Crippen molar-refractivity contribution in [3.63, 3.8) is 0 Å². The third-order valence-corrected chi connectivity index (χ3v) is 2.86. The van der Waals surface area contributed by atoms with E-state index >= 15 is 0 Å². The van der Waals surface area contributed by atoms with Crippen LogP contribution < -0.4 is 5.32 Å². The summed E-state index contributed by atoms with van der Waals surface area (Å²) in [5, 5.41) is 3.45. The molecule has 2 aromatic rings. The molecule has 1 unspecified atom stereocenters. The molecule has 0 bridgehead atoms. The van der Waals surface area contributed by atoms with E-state index in [1.807, 2.05) is 6.20 Å². The number of imidazole rings is 1. The van der Waals surface area contributed by atoms with E-state index in [0.29, 0.717) is 0 Å². The number of likely N-dealkylation sites (N-methyl/N-ethyl adjacent to an activating group) is 1. The van der Waals surface area contributed by atoms with Gasteiger partial charge in [-0.25, -0.2) is 4.98 Å². The van der Waals surface area contributed by atoms with Gasteiger partial charge < -0.3 is 10.3 Å². The highest BCUT2D eigenvalue weighted by Gasteiger charge is 2.12. The van der Waals surface area contributed by atoms with Gasteiger partial charge in [0, 0.05) is 12.4 Å². The number of aromatic amines is 1. The highest BCUT2D eigenvalue weighted by atomic mass is 15.0. The zero-order valence-corrected chi connectivity index (χ0v) is 10.4. The Bertz CT molecular complexity index is 431. The predicted molar refractivity (Wildman–Crippen MR) is 69.9 cm³/mol. The number of hydrogen-bond acceptors (Lipinski definition) is 2. The lowest BCUT2D eigenvalue weighted by Crippen LogP contribution is -2.24. The quantitative estimate of drug-likeness (QED) is 0.827. The van der Waals surface area contributed by atoms with Gasteiger partial charge in [-0.2, -0.15) is 0 Å². The number of aryl methyl sites for hydroxylation is 1. The molecule has 0 aliphatic carbocycles. The first-order chi connectivity index (χ1) is 8.29. The van der Waals surface area contributed by atoms with Crippen molar-refractivity contribution in [3.8, 4) is 0 Å². The van der Waals surface area contributed by atoms with E-state index in [-0.39, 0.29) is 6.04 Å². The largest absolute Gasteiger partial charge is 0.347 e. The summed E-state index contributed by atoms with van der Waals surface area (Å²) in [7, 11) is 0. The number of rotatable bonds is 5. The van der Waals surface area contributed by atoms with E-state index in [1.165, 1.54) is 11.1 Å². The molecule has 1 aromatic carbocycles. The lowest BCUT2D eigenvalue weighted by molar-refractivity contribution is 0.526. The molecular weight excluding hydrogens is 210 g/mol. The lowest BCUT2D eigenvalue weighted by Gasteiger charge is -2.15. The fraction of sp³-hybridized carbons (Fsp3) is 0.357. The van der Waals surface area contributed by atoms with E-state index in [1.54, 1.807) is 6.20 Å². The summed E-state index contributed by atoms with van der Waals surface area (Å²) in [6, 6.07) is 8.93. The van der Waals surface area contributed by atoms with E-state index in [2.05, 4.69) is 53.4 Å². The van der Waals surface area contributed by atoms with Crippen LogP contribution >= 0.6 is 0 Å². The molecular formula is C14H19N3. The Morgan fingerprint density at radius 2 is 2.06 bits per heavy atom. The standard InChI is InChI=1S/C14H19N3/c1-3-15-13(14-16-8-9-17-14)10-12-6-4-11(2)5-7-12/h4-9,13,15H,3,10H2,1-2H3,(H,16,17). The summed E-state index contributed by atoms with van der Waals surface area (Å²) in [4.78, 5) is 7.51. The molecule has 90 valence electrons. The smallest absolute Gasteiger partial charge is 0.123 e. The molecule has 0 fully saturated rings. The summed E-state index contributed by atoms with van der Waals surface area (Å²) < 4.78 is 0. The topological polar surface area (TPSA) is 40.7 Å². The van der Waals surface area contributed by atoms with Crippen LogP contribution in [0.5, 0.6) is 0 Å². The van der Waals surface area contributed by atoms with Crippen molar-refractivity contribution in [1.82, 2.24) is 15.3 Å². The second kappa shape index (κ2) is 5.64. The molecule has 2 N–H and O–H groups in total. The van der Waals surface area contributed by atoms with Crippen molar-refractivity contribution in [2.24, 2.45) is 0 Å². The van der Waals surface area contributed by atoms with Gasteiger partial charge in [-0.15, -0.1) is 0 Å². The van der Waals surface area contributed by atoms with Crippen molar-refractivity contribution in [2.75, 3.05) is 6.54 Å². The van der Waals surface area contributed by atoms with Crippen LogP contribution in [0.4, 0.5) is 0 Å². The van der Waals surface area contributed by atoms with Gasteiger partial charge in [0.2, 0.25) is 0 Å². The van der Waals surface area contributed by atoms with Crippen LogP contribution in [0.1, 0.15) is 29.9 Å². The van der Waals surface area contributed by atoms with Gasteiger partial charge in [0.05, 0.1) is 6.04 Å². The molecule has 1 heterocycles. The molecule has 0 amide bonds. The van der Waals surface area contributed by atoms with Crippen molar-refractivity contribution >= 4 is 0 Å². The van der Waals surface area contributed by atoms with Crippen LogP contribution in [0, 0.1) is 6.92 Å². The van der Waals surface area contributed by atoms with Crippen LogP contribution in [-0.2, 0) is 6.42 Å². The van der Waals surface area contributed by atoms with Crippen LogP contribution in [0.25, 0.3) is 0 Å². The molecule has 0 saturated heterocycles. The SMILES string of the molecule is CCNC(Cc1ccc(C)cc1)c1ncc[nH]1. The predicted octanol–water partition coefficient (Wildman–Crippen LogP) is 2.61. The number of nitrogens with one attached hydrogen (secondary N) is 2. The highest BCUT2D eigenvalue weighted by Crippen LogP contribution is 2.15. The van der Waals surface area contributed by atoms with Crippen LogP contribution in [-0.4, -0.2) is 16.5 Å². The summed E-state index contributed by atoms with van der Waals surface area (Å²) in [5.41, 5.74) is 2.63. The lowest BCUT2D eigenvalue weighted by atomic mass is 10.0. The Kier molecular flexibility index (Phi) is 3.94. The molecule has 1 atom stereocenters. The summed E-state index contributed by atoms with van der Waals surface area (Å²) in [6.07, 6.45) is 4.63. The molecule has 0 saturated carbocycles. The summed E-state index contributed by atoms with van der Waals surface area (Å²) in [5.74, 6) is 1.01. The fourth-order valence-corrected chi connectivity index (χ4v) is 1.94. The number of hydrogen-bond donors (Lipinski definition) is 2. The van der Waals surface area contributed by atoms with Crippen molar-refractivity contribution in [2.45, 2.75) is 26.3 Å². The van der Waals surface area contributed by atoms with Gasteiger partial charge in [-0.05, 0) is 25.5 Å². The van der Waals surface area contributed by atoms with Crippen molar-refractivity contribution < 1.29 is 0 Å². The highest BCUT2D eigenvalue weighted by molar-refractivity contribution is 5.22. The molecule has 1 aromatic heterocycles. The Morgan fingerprint density at radius 3 is 2.65 bits per heavy atom. The molecule has 0 aliphatic heterocycles. The zero-order valence-electron chi connectivity index (χ0n) is 10.4. The first kappa shape index (κ1) is 11.9. The van der Waals surface area contributed by atoms with Gasteiger partial charge in [0.1, 0.15) is 5.82 Å². The van der Waals surface area contributed by atoms with E-state index in [0.717, 1.165) is 18.8 Å². The number of benzene rings is 1. The van der Waals surface area contributed by atoms with Gasteiger partial charge >= 0.3 is 0 Å². The van der Waals surface area contributed by atoms with Gasteiger partial charge in [0.15, 0.2) is 0 Å². The van der Waals surface area contributed by atoms with Gasteiger partial charge in [-0.1, -0.05) is 36.8 Å². The fourth-order valence-electron chi connectivity index (χ4n) is 1.94. The number of H-pyrrole nitrogens is 1. The average Bonchev–Trinajstić information content (AvgIpc) is 2.85. The second-order valence-electron chi connectivity index (χ2n) is 4.27. The maximum atomic E-state index is 4.33. The van der Waals surface area contributed by atoms with E-state index in [4.69, 9.17) is 0 Å². The molecule has 2 rings (SSSR count). The first-order valence-corrected chi connectivity index (χ1v) is 6.07. The third-order valence-electron chi connectivity index (χ3n) is 2.86. The molecule has 3 nitrogen and oxygen atoms in total. The molecule has 3 heteroatoms. The van der Waals surface area contributed by atoms with Crippen LogP contribution in [0.3, 0.4) is 0 Å². The Labute approximate surface area is 102 Å². The molecule has 17 heavy (non-hydrogen) atoms. The van der Waals surface area contributed by atoms with Gasteiger partial charge in [0.25, 0.3) is 0 Å². The number of aromatic nitrogens is 2. The maximum Gasteiger partial charge on any atom is 0.123 e. The van der Waals surface area contributed by atoms with Crippen LogP contribution in [0.2, 0.25) is 0 Å². The minimum absolute atomic E-state index is 0.262. The Hall–Kier alpha value is -1.61. The Morgan fingerprint density at radius 1 is 1.29 bits per heavy atom. The van der Waals surface area contributed by atoms with Crippen molar-refractivity contribution in [1.29, 1.82) is 0 Å². The number of nitrogens with zero attached hydrogens (tertiary/aromatic N) is 1. The average molecular weight is 229 g/mol. The molecule has 0 spiro atoms. The molecule has 0 aliphatic rings. The zero-order chi connectivity index (χ0) is 12.1. The molecule has 0 radical (unpaired) electrons. The minimum Gasteiger partial charge on any atom is -0.347 e. The monoisotopic (exact) mass is 229 g/mol. The Balaban J connectivity index is 2.10. The summed E-state index contributed by atoms with van der Waals surface area (Å²) >= 11 is 0. The third kappa shape index (κ3) is 3.17. The van der Waals surface area contributed by atoms with E-state index in [9.17, 15) is 0 Å².